The largest absolute Gasteiger partial charge is 0.489 e. The van der Waals surface area contributed by atoms with Crippen LogP contribution in [0.1, 0.15) is 35.3 Å². The van der Waals surface area contributed by atoms with Crippen LogP contribution in [-0.4, -0.2) is 16.9 Å². The van der Waals surface area contributed by atoms with E-state index in [1.807, 2.05) is 60.8 Å². The van der Waals surface area contributed by atoms with Crippen LogP contribution in [0.25, 0.3) is 0 Å². The SMILES string of the molecule is CC(c1ccccn1)N(C)Cc1cccc(OCc2ccccc2C#N)c1. The molecule has 0 saturated carbocycles. The Morgan fingerprint density at radius 1 is 1.07 bits per heavy atom. The van der Waals surface area contributed by atoms with Gasteiger partial charge in [0.1, 0.15) is 12.4 Å². The molecule has 0 aliphatic heterocycles. The third kappa shape index (κ3) is 4.93. The lowest BCUT2D eigenvalue weighted by molar-refractivity contribution is 0.247. The van der Waals surface area contributed by atoms with E-state index in [0.717, 1.165) is 23.6 Å². The second-order valence-corrected chi connectivity index (χ2v) is 6.55. The Labute approximate surface area is 160 Å². The van der Waals surface area contributed by atoms with Gasteiger partial charge in [0.05, 0.1) is 17.3 Å². The average Bonchev–Trinajstić information content (AvgIpc) is 2.72. The first-order valence-corrected chi connectivity index (χ1v) is 8.98. The highest BCUT2D eigenvalue weighted by atomic mass is 16.5. The fourth-order valence-corrected chi connectivity index (χ4v) is 2.92. The summed E-state index contributed by atoms with van der Waals surface area (Å²) in [6, 6.07) is 24.0. The van der Waals surface area contributed by atoms with Gasteiger partial charge in [-0.2, -0.15) is 5.26 Å². The molecule has 1 aromatic heterocycles. The molecule has 0 saturated heterocycles. The molecule has 0 N–H and O–H groups in total. The van der Waals surface area contributed by atoms with Gasteiger partial charge >= 0.3 is 0 Å². The lowest BCUT2D eigenvalue weighted by atomic mass is 10.1. The molecule has 136 valence electrons. The number of hydrogen-bond acceptors (Lipinski definition) is 4. The van der Waals surface area contributed by atoms with E-state index in [4.69, 9.17) is 4.74 Å². The van der Waals surface area contributed by atoms with Crippen molar-refractivity contribution < 1.29 is 4.74 Å². The Morgan fingerprint density at radius 2 is 1.89 bits per heavy atom. The van der Waals surface area contributed by atoms with Crippen LogP contribution in [0.4, 0.5) is 0 Å². The Morgan fingerprint density at radius 3 is 2.67 bits per heavy atom. The molecule has 0 aliphatic carbocycles. The van der Waals surface area contributed by atoms with Crippen LogP contribution < -0.4 is 4.74 Å². The standard InChI is InChI=1S/C23H23N3O/c1-18(23-12-5-6-13-25-23)26(2)16-19-8-7-11-22(14-19)27-17-21-10-4-3-9-20(21)15-24/h3-14,18H,16-17H2,1-2H3. The maximum Gasteiger partial charge on any atom is 0.120 e. The molecule has 1 heterocycles. The van der Waals surface area contributed by atoms with Crippen LogP contribution in [-0.2, 0) is 13.2 Å². The second kappa shape index (κ2) is 8.98. The molecule has 0 amide bonds. The molecule has 4 nitrogen and oxygen atoms in total. The highest BCUT2D eigenvalue weighted by molar-refractivity contribution is 5.37. The molecule has 27 heavy (non-hydrogen) atoms. The number of nitrogens with zero attached hydrogens (tertiary/aromatic N) is 3. The fourth-order valence-electron chi connectivity index (χ4n) is 2.92. The molecule has 2 aromatic carbocycles. The first-order chi connectivity index (χ1) is 13.2. The molecule has 0 bridgehead atoms. The van der Waals surface area contributed by atoms with Crippen LogP contribution in [0.3, 0.4) is 0 Å². The van der Waals surface area contributed by atoms with Crippen molar-refractivity contribution in [1.29, 1.82) is 5.26 Å². The summed E-state index contributed by atoms with van der Waals surface area (Å²) >= 11 is 0. The molecule has 4 heteroatoms. The Bertz CT molecular complexity index is 918. The van der Waals surface area contributed by atoms with Crippen molar-refractivity contribution in [3.8, 4) is 11.8 Å². The third-order valence-electron chi connectivity index (χ3n) is 4.64. The summed E-state index contributed by atoms with van der Waals surface area (Å²) in [6.45, 7) is 3.33. The van der Waals surface area contributed by atoms with Crippen molar-refractivity contribution in [3.05, 3.63) is 95.3 Å². The lowest BCUT2D eigenvalue weighted by Gasteiger charge is -2.24. The predicted molar refractivity (Wildman–Crippen MR) is 106 cm³/mol. The van der Waals surface area contributed by atoms with E-state index in [-0.39, 0.29) is 6.04 Å². The normalized spacial score (nSPS) is 11.8. The van der Waals surface area contributed by atoms with Crippen LogP contribution in [0, 0.1) is 11.3 Å². The highest BCUT2D eigenvalue weighted by Crippen LogP contribution is 2.21. The van der Waals surface area contributed by atoms with Crippen LogP contribution in [0.2, 0.25) is 0 Å². The smallest absolute Gasteiger partial charge is 0.120 e. The topological polar surface area (TPSA) is 49.2 Å². The van der Waals surface area contributed by atoms with Gasteiger partial charge in [0.25, 0.3) is 0 Å². The highest BCUT2D eigenvalue weighted by Gasteiger charge is 2.13. The van der Waals surface area contributed by atoms with Gasteiger partial charge in [0.15, 0.2) is 0 Å². The van der Waals surface area contributed by atoms with Gasteiger partial charge in [-0.1, -0.05) is 36.4 Å². The van der Waals surface area contributed by atoms with Crippen LogP contribution in [0.15, 0.2) is 72.9 Å². The van der Waals surface area contributed by atoms with Gasteiger partial charge in [0, 0.05) is 24.3 Å². The van der Waals surface area contributed by atoms with Crippen molar-refractivity contribution in [2.45, 2.75) is 26.1 Å². The number of aromatic nitrogens is 1. The molecular weight excluding hydrogens is 334 g/mol. The lowest BCUT2D eigenvalue weighted by Crippen LogP contribution is -2.22. The Kier molecular flexibility index (Phi) is 6.19. The molecular formula is C23H23N3O. The molecule has 3 rings (SSSR count). The zero-order valence-corrected chi connectivity index (χ0v) is 15.7. The molecule has 3 aromatic rings. The molecule has 0 aliphatic rings. The van der Waals surface area contributed by atoms with E-state index in [0.29, 0.717) is 12.2 Å². The van der Waals surface area contributed by atoms with E-state index in [2.05, 4.69) is 42.1 Å². The molecule has 1 unspecified atom stereocenters. The zero-order valence-electron chi connectivity index (χ0n) is 15.7. The average molecular weight is 357 g/mol. The van der Waals surface area contributed by atoms with Crippen LogP contribution >= 0.6 is 0 Å². The maximum atomic E-state index is 9.19. The minimum absolute atomic E-state index is 0.221. The van der Waals surface area contributed by atoms with Gasteiger partial charge in [-0.3, -0.25) is 9.88 Å². The second-order valence-electron chi connectivity index (χ2n) is 6.55. The van der Waals surface area contributed by atoms with E-state index in [1.165, 1.54) is 5.56 Å². The number of benzene rings is 2. The quantitative estimate of drug-likeness (QED) is 0.614. The van der Waals surface area contributed by atoms with Crippen molar-refractivity contribution in [2.75, 3.05) is 7.05 Å². The van der Waals surface area contributed by atoms with E-state index in [9.17, 15) is 5.26 Å². The summed E-state index contributed by atoms with van der Waals surface area (Å²) in [5.41, 5.74) is 3.77. The first-order valence-electron chi connectivity index (χ1n) is 8.98. The van der Waals surface area contributed by atoms with E-state index in [1.54, 1.807) is 0 Å². The van der Waals surface area contributed by atoms with Gasteiger partial charge < -0.3 is 4.74 Å². The summed E-state index contributed by atoms with van der Waals surface area (Å²) in [7, 11) is 2.09. The van der Waals surface area contributed by atoms with Gasteiger partial charge in [0.2, 0.25) is 0 Å². The molecule has 0 fully saturated rings. The minimum atomic E-state index is 0.221. The molecule has 0 spiro atoms. The Balaban J connectivity index is 1.64. The Hall–Kier alpha value is -3.16. The first kappa shape index (κ1) is 18.6. The third-order valence-corrected chi connectivity index (χ3v) is 4.64. The summed E-state index contributed by atoms with van der Waals surface area (Å²) in [6.07, 6.45) is 1.83. The molecule has 1 atom stereocenters. The number of rotatable bonds is 7. The van der Waals surface area contributed by atoms with Crippen molar-refractivity contribution in [3.63, 3.8) is 0 Å². The predicted octanol–water partition coefficient (Wildman–Crippen LogP) is 4.73. The summed E-state index contributed by atoms with van der Waals surface area (Å²) in [5.74, 6) is 0.805. The summed E-state index contributed by atoms with van der Waals surface area (Å²) in [4.78, 5) is 6.70. The number of pyridine rings is 1. The van der Waals surface area contributed by atoms with Crippen LogP contribution in [0.5, 0.6) is 5.75 Å². The number of nitriles is 1. The summed E-state index contributed by atoms with van der Waals surface area (Å²) < 4.78 is 5.92. The van der Waals surface area contributed by atoms with Gasteiger partial charge in [-0.05, 0) is 49.9 Å². The van der Waals surface area contributed by atoms with Crippen molar-refractivity contribution in [2.24, 2.45) is 0 Å². The van der Waals surface area contributed by atoms with Gasteiger partial charge in [-0.15, -0.1) is 0 Å². The number of hydrogen-bond donors (Lipinski definition) is 0. The monoisotopic (exact) mass is 357 g/mol. The molecule has 0 radical (unpaired) electrons. The zero-order chi connectivity index (χ0) is 19.1. The van der Waals surface area contributed by atoms with Crippen molar-refractivity contribution in [1.82, 2.24) is 9.88 Å². The van der Waals surface area contributed by atoms with Crippen molar-refractivity contribution >= 4 is 0 Å². The minimum Gasteiger partial charge on any atom is -0.489 e. The summed E-state index contributed by atoms with van der Waals surface area (Å²) in [5, 5.41) is 9.19. The fraction of sp³-hybridized carbons (Fsp3) is 0.217. The maximum absolute atomic E-state index is 9.19. The van der Waals surface area contributed by atoms with E-state index >= 15 is 0 Å². The van der Waals surface area contributed by atoms with Gasteiger partial charge in [-0.25, -0.2) is 0 Å². The van der Waals surface area contributed by atoms with E-state index < -0.39 is 0 Å². The number of ether oxygens (including phenoxy) is 1.